The molecule has 0 saturated heterocycles. The summed E-state index contributed by atoms with van der Waals surface area (Å²) in [4.78, 5) is 0. The van der Waals surface area contributed by atoms with E-state index in [-0.39, 0.29) is 0 Å². The molecule has 1 aromatic rings. The fraction of sp³-hybridized carbons (Fsp3) is 0.438. The van der Waals surface area contributed by atoms with Gasteiger partial charge in [0.25, 0.3) is 0 Å². The van der Waals surface area contributed by atoms with Crippen molar-refractivity contribution in [3.05, 3.63) is 46.4 Å². The van der Waals surface area contributed by atoms with Gasteiger partial charge in [0.15, 0.2) is 0 Å². The summed E-state index contributed by atoms with van der Waals surface area (Å²) in [7, 11) is 9.92. The number of fused-ring (bicyclic) bond motifs is 1. The van der Waals surface area contributed by atoms with Crippen molar-refractivity contribution >= 4 is 23.2 Å². The number of allylic oxidation sites excluding steroid dienone is 1. The quantitative estimate of drug-likeness (QED) is 0.454. The molecule has 0 aliphatic heterocycles. The minimum absolute atomic E-state index is 0.600. The molecule has 0 aromatic heterocycles. The second-order valence-electron chi connectivity index (χ2n) is 5.53. The molecule has 0 amide bonds. The number of halogens is 2. The molecule has 2 rings (SSSR count). The average molecular weight is 463 g/mol. The first-order chi connectivity index (χ1) is 8.90. The molecule has 0 spiro atoms. The van der Waals surface area contributed by atoms with Crippen LogP contribution in [-0.4, -0.2) is 0 Å². The van der Waals surface area contributed by atoms with E-state index in [2.05, 4.69) is 59.2 Å². The molecule has 0 N–H and O–H groups in total. The summed E-state index contributed by atoms with van der Waals surface area (Å²) in [6.07, 6.45) is 4.61. The Kier molecular flexibility index (Phi) is 7.35. The fourth-order valence-electron chi connectivity index (χ4n) is 2.33. The van der Waals surface area contributed by atoms with Gasteiger partial charge in [0, 0.05) is 6.42 Å². The van der Waals surface area contributed by atoms with Gasteiger partial charge in [0.1, 0.15) is 0 Å². The predicted molar refractivity (Wildman–Crippen MR) is 83.4 cm³/mol. The van der Waals surface area contributed by atoms with Gasteiger partial charge in [-0.2, -0.15) is 0 Å². The second kappa shape index (κ2) is 8.00. The van der Waals surface area contributed by atoms with E-state index in [9.17, 15) is 0 Å². The van der Waals surface area contributed by atoms with E-state index in [4.69, 9.17) is 17.2 Å². The predicted octanol–water partition coefficient (Wildman–Crippen LogP) is 6.28. The molecule has 0 heterocycles. The molecule has 1 aliphatic rings. The summed E-state index contributed by atoms with van der Waals surface area (Å²) >= 11 is -0.972. The number of rotatable bonds is 2. The number of benzene rings is 1. The van der Waals surface area contributed by atoms with E-state index in [1.165, 1.54) is 27.8 Å². The van der Waals surface area contributed by atoms with Crippen LogP contribution in [-0.2, 0) is 20.5 Å². The van der Waals surface area contributed by atoms with Crippen LogP contribution in [0.1, 0.15) is 68.7 Å². The van der Waals surface area contributed by atoms with E-state index >= 15 is 0 Å². The van der Waals surface area contributed by atoms with Crippen LogP contribution in [0.15, 0.2) is 17.7 Å². The van der Waals surface area contributed by atoms with Gasteiger partial charge in [0.2, 0.25) is 0 Å². The zero-order valence-electron chi connectivity index (χ0n) is 12.2. The Bertz CT molecular complexity index is 462. The zero-order valence-corrected chi connectivity index (χ0v) is 17.3. The van der Waals surface area contributed by atoms with Crippen LogP contribution in [0.4, 0.5) is 0 Å². The molecule has 19 heavy (non-hydrogen) atoms. The summed E-state index contributed by atoms with van der Waals surface area (Å²) in [6.45, 7) is 11.3. The monoisotopic (exact) mass is 463 g/mol. The van der Waals surface area contributed by atoms with E-state index in [0.29, 0.717) is 11.8 Å². The Hall–Kier alpha value is 0.410. The SMILES string of the molecule is CC1=Cc2c(cc(C(C)C)cc2C(C)C)[CH]1.[Cl][Hf][Cl]. The molecule has 0 bridgehead atoms. The first kappa shape index (κ1) is 17.5. The summed E-state index contributed by atoms with van der Waals surface area (Å²) in [5.41, 5.74) is 7.18. The Morgan fingerprint density at radius 2 is 1.58 bits per heavy atom. The molecule has 1 aromatic carbocycles. The summed E-state index contributed by atoms with van der Waals surface area (Å²) in [5.74, 6) is 1.21. The van der Waals surface area contributed by atoms with Crippen molar-refractivity contribution in [3.63, 3.8) is 0 Å². The third-order valence-electron chi connectivity index (χ3n) is 3.31. The van der Waals surface area contributed by atoms with E-state index in [1.54, 1.807) is 0 Å². The van der Waals surface area contributed by atoms with Crippen molar-refractivity contribution in [2.45, 2.75) is 46.5 Å². The van der Waals surface area contributed by atoms with E-state index in [0.717, 1.165) is 0 Å². The van der Waals surface area contributed by atoms with Crippen LogP contribution >= 0.6 is 17.2 Å². The Morgan fingerprint density at radius 3 is 2.05 bits per heavy atom. The van der Waals surface area contributed by atoms with Crippen molar-refractivity contribution < 1.29 is 20.5 Å². The molecular formula is C16H21Cl2Hf. The first-order valence-electron chi connectivity index (χ1n) is 6.57. The number of hydrogen-bond donors (Lipinski definition) is 0. The topological polar surface area (TPSA) is 0 Å². The molecule has 1 aliphatic carbocycles. The molecule has 3 heteroatoms. The van der Waals surface area contributed by atoms with Crippen LogP contribution < -0.4 is 0 Å². The molecule has 103 valence electrons. The molecule has 0 saturated carbocycles. The Balaban J connectivity index is 0.000000550. The van der Waals surface area contributed by atoms with E-state index < -0.39 is 20.5 Å². The molecular weight excluding hydrogens is 442 g/mol. The van der Waals surface area contributed by atoms with Crippen LogP contribution in [0.3, 0.4) is 0 Å². The van der Waals surface area contributed by atoms with Crippen LogP contribution in [0, 0.1) is 6.42 Å². The summed E-state index contributed by atoms with van der Waals surface area (Å²) in [6, 6.07) is 4.73. The minimum atomic E-state index is -0.972. The Labute approximate surface area is 136 Å². The van der Waals surface area contributed by atoms with Gasteiger partial charge < -0.3 is 0 Å². The van der Waals surface area contributed by atoms with Crippen molar-refractivity contribution in [3.8, 4) is 0 Å². The van der Waals surface area contributed by atoms with Gasteiger partial charge in [-0.1, -0.05) is 51.5 Å². The van der Waals surface area contributed by atoms with Crippen molar-refractivity contribution in [2.75, 3.05) is 0 Å². The maximum absolute atomic E-state index is 4.96. The Morgan fingerprint density at radius 1 is 1.00 bits per heavy atom. The summed E-state index contributed by atoms with van der Waals surface area (Å²) < 4.78 is 0. The van der Waals surface area contributed by atoms with Crippen molar-refractivity contribution in [2.24, 2.45) is 0 Å². The van der Waals surface area contributed by atoms with Crippen LogP contribution in [0.5, 0.6) is 0 Å². The third kappa shape index (κ3) is 4.72. The average Bonchev–Trinajstić information content (AvgIpc) is 2.68. The summed E-state index contributed by atoms with van der Waals surface area (Å²) in [5, 5.41) is 0. The van der Waals surface area contributed by atoms with Gasteiger partial charge in [-0.15, -0.1) is 0 Å². The third-order valence-corrected chi connectivity index (χ3v) is 3.31. The number of hydrogen-bond acceptors (Lipinski definition) is 0. The molecule has 0 atom stereocenters. The van der Waals surface area contributed by atoms with Gasteiger partial charge in [-0.3, -0.25) is 0 Å². The first-order valence-corrected chi connectivity index (χ1v) is 15.5. The van der Waals surface area contributed by atoms with Crippen molar-refractivity contribution in [1.29, 1.82) is 0 Å². The zero-order chi connectivity index (χ0) is 14.6. The molecule has 0 nitrogen and oxygen atoms in total. The fourth-order valence-corrected chi connectivity index (χ4v) is 2.33. The van der Waals surface area contributed by atoms with Gasteiger partial charge >= 0.3 is 37.7 Å². The molecule has 1 radical (unpaired) electrons. The molecule has 0 unspecified atom stereocenters. The maximum atomic E-state index is 4.96. The van der Waals surface area contributed by atoms with Crippen molar-refractivity contribution in [1.82, 2.24) is 0 Å². The standard InChI is InChI=1S/C16H21.2ClH.Hf/c1-10(2)13-8-14-6-12(5)7-16(14)15(9-13)11(3)4;;;/h6-11H,1-5H3;2*1H;/q;;;+2/p-2. The van der Waals surface area contributed by atoms with Gasteiger partial charge in [0.05, 0.1) is 0 Å². The second-order valence-corrected chi connectivity index (χ2v) is 10.7. The van der Waals surface area contributed by atoms with Crippen LogP contribution in [0.2, 0.25) is 0 Å². The van der Waals surface area contributed by atoms with Crippen LogP contribution in [0.25, 0.3) is 6.08 Å². The van der Waals surface area contributed by atoms with E-state index in [1.807, 2.05) is 0 Å². The molecule has 0 fully saturated rings. The normalized spacial score (nSPS) is 13.0. The van der Waals surface area contributed by atoms with Gasteiger partial charge in [-0.25, -0.2) is 0 Å². The van der Waals surface area contributed by atoms with Gasteiger partial charge in [-0.05, 0) is 41.0 Å².